The Kier molecular flexibility index (Phi) is 3.83. The van der Waals surface area contributed by atoms with Gasteiger partial charge in [-0.15, -0.1) is 0 Å². The molecule has 14 heavy (non-hydrogen) atoms. The van der Waals surface area contributed by atoms with E-state index in [0.29, 0.717) is 0 Å². The molecule has 1 aromatic heterocycles. The van der Waals surface area contributed by atoms with Crippen molar-refractivity contribution in [2.24, 2.45) is 5.92 Å². The van der Waals surface area contributed by atoms with Crippen LogP contribution in [0.5, 0.6) is 0 Å². The highest BCUT2D eigenvalue weighted by molar-refractivity contribution is 7.99. The molecule has 1 atom stereocenters. The lowest BCUT2D eigenvalue weighted by atomic mass is 10.1. The number of aromatic nitrogens is 1. The first-order valence-electron chi connectivity index (χ1n) is 5.12. The van der Waals surface area contributed by atoms with Gasteiger partial charge in [-0.05, 0) is 48.1 Å². The van der Waals surface area contributed by atoms with E-state index in [0.717, 1.165) is 19.0 Å². The van der Waals surface area contributed by atoms with E-state index in [1.165, 1.54) is 23.5 Å². The number of pyridine rings is 1. The van der Waals surface area contributed by atoms with Crippen LogP contribution in [0.2, 0.25) is 0 Å². The van der Waals surface area contributed by atoms with E-state index in [-0.39, 0.29) is 0 Å². The van der Waals surface area contributed by atoms with Crippen LogP contribution in [0.3, 0.4) is 0 Å². The van der Waals surface area contributed by atoms with Gasteiger partial charge in [0.05, 0.1) is 0 Å². The summed E-state index contributed by atoms with van der Waals surface area (Å²) in [7, 11) is 0. The lowest BCUT2D eigenvalue weighted by Crippen LogP contribution is -2.22. The molecule has 1 N–H and O–H groups in total. The Labute approximate surface area is 89.5 Å². The third-order valence-corrected chi connectivity index (χ3v) is 3.77. The van der Waals surface area contributed by atoms with Crippen molar-refractivity contribution in [3.63, 3.8) is 0 Å². The highest BCUT2D eigenvalue weighted by atomic mass is 32.2. The Morgan fingerprint density at radius 1 is 1.43 bits per heavy atom. The van der Waals surface area contributed by atoms with Crippen molar-refractivity contribution in [2.75, 3.05) is 18.1 Å². The monoisotopic (exact) mass is 208 g/mol. The summed E-state index contributed by atoms with van der Waals surface area (Å²) in [6.07, 6.45) is 5.08. The third-order valence-electron chi connectivity index (χ3n) is 2.54. The normalized spacial score (nSPS) is 21.3. The largest absolute Gasteiger partial charge is 0.312 e. The molecule has 76 valence electrons. The van der Waals surface area contributed by atoms with E-state index in [1.807, 2.05) is 12.4 Å². The molecule has 2 heterocycles. The van der Waals surface area contributed by atoms with Crippen molar-refractivity contribution in [2.45, 2.75) is 13.0 Å². The van der Waals surface area contributed by atoms with E-state index in [9.17, 15) is 0 Å². The van der Waals surface area contributed by atoms with Crippen molar-refractivity contribution >= 4 is 11.8 Å². The molecule has 1 aliphatic rings. The van der Waals surface area contributed by atoms with Crippen LogP contribution < -0.4 is 5.32 Å². The minimum atomic E-state index is 0.891. The van der Waals surface area contributed by atoms with Gasteiger partial charge in [0, 0.05) is 18.9 Å². The van der Waals surface area contributed by atoms with Crippen LogP contribution in [-0.2, 0) is 6.54 Å². The van der Waals surface area contributed by atoms with Crippen LogP contribution in [0.4, 0.5) is 0 Å². The van der Waals surface area contributed by atoms with Gasteiger partial charge >= 0.3 is 0 Å². The topological polar surface area (TPSA) is 24.9 Å². The molecule has 0 amide bonds. The Balaban J connectivity index is 1.67. The molecule has 2 rings (SSSR count). The Morgan fingerprint density at radius 2 is 2.29 bits per heavy atom. The van der Waals surface area contributed by atoms with Crippen LogP contribution in [0.15, 0.2) is 24.5 Å². The fraction of sp³-hybridized carbons (Fsp3) is 0.545. The fourth-order valence-electron chi connectivity index (χ4n) is 1.67. The summed E-state index contributed by atoms with van der Waals surface area (Å²) in [6, 6.07) is 4.13. The van der Waals surface area contributed by atoms with Crippen molar-refractivity contribution in [3.8, 4) is 0 Å². The summed E-state index contributed by atoms with van der Waals surface area (Å²) in [5.41, 5.74) is 1.32. The van der Waals surface area contributed by atoms with E-state index in [2.05, 4.69) is 34.2 Å². The number of hydrogen-bond acceptors (Lipinski definition) is 3. The van der Waals surface area contributed by atoms with Crippen LogP contribution in [0.25, 0.3) is 0 Å². The highest BCUT2D eigenvalue weighted by Crippen LogP contribution is 2.22. The molecule has 0 aliphatic carbocycles. The first-order valence-corrected chi connectivity index (χ1v) is 6.28. The van der Waals surface area contributed by atoms with Crippen molar-refractivity contribution < 1.29 is 0 Å². The molecule has 2 nitrogen and oxygen atoms in total. The molecule has 0 saturated carbocycles. The molecule has 1 aliphatic heterocycles. The van der Waals surface area contributed by atoms with Gasteiger partial charge in [0.15, 0.2) is 0 Å². The van der Waals surface area contributed by atoms with Gasteiger partial charge < -0.3 is 5.32 Å². The minimum absolute atomic E-state index is 0.891. The Hall–Kier alpha value is -0.540. The molecular weight excluding hydrogens is 192 g/mol. The predicted octanol–water partition coefficient (Wildman–Crippen LogP) is 1.92. The van der Waals surface area contributed by atoms with Crippen LogP contribution >= 0.6 is 11.8 Å². The van der Waals surface area contributed by atoms with E-state index in [1.54, 1.807) is 0 Å². The van der Waals surface area contributed by atoms with E-state index < -0.39 is 0 Å². The van der Waals surface area contributed by atoms with Crippen LogP contribution in [0, 0.1) is 5.92 Å². The molecule has 1 fully saturated rings. The molecule has 3 heteroatoms. The molecular formula is C11H16N2S. The molecule has 0 radical (unpaired) electrons. The van der Waals surface area contributed by atoms with Gasteiger partial charge in [-0.1, -0.05) is 0 Å². The highest BCUT2D eigenvalue weighted by Gasteiger charge is 2.14. The first-order chi connectivity index (χ1) is 6.95. The third kappa shape index (κ3) is 3.00. The number of thioether (sulfide) groups is 1. The molecule has 1 saturated heterocycles. The SMILES string of the molecule is c1cc(CNCC2CCSC2)ccn1. The zero-order valence-corrected chi connectivity index (χ0v) is 9.09. The smallest absolute Gasteiger partial charge is 0.0271 e. The van der Waals surface area contributed by atoms with E-state index in [4.69, 9.17) is 0 Å². The van der Waals surface area contributed by atoms with E-state index >= 15 is 0 Å². The number of hydrogen-bond donors (Lipinski definition) is 1. The summed E-state index contributed by atoms with van der Waals surface area (Å²) < 4.78 is 0. The zero-order chi connectivity index (χ0) is 9.64. The second kappa shape index (κ2) is 5.37. The molecule has 0 spiro atoms. The summed E-state index contributed by atoms with van der Waals surface area (Å²) in [5, 5.41) is 3.50. The van der Waals surface area contributed by atoms with Crippen LogP contribution in [0.1, 0.15) is 12.0 Å². The molecule has 0 aromatic carbocycles. The minimum Gasteiger partial charge on any atom is -0.312 e. The first kappa shape index (κ1) is 9.99. The van der Waals surface area contributed by atoms with Crippen LogP contribution in [-0.4, -0.2) is 23.0 Å². The maximum absolute atomic E-state index is 4.00. The maximum Gasteiger partial charge on any atom is 0.0271 e. The lowest BCUT2D eigenvalue weighted by Gasteiger charge is -2.09. The summed E-state index contributed by atoms with van der Waals surface area (Å²) in [6.45, 7) is 2.14. The molecule has 1 aromatic rings. The van der Waals surface area contributed by atoms with Gasteiger partial charge in [-0.25, -0.2) is 0 Å². The number of nitrogens with zero attached hydrogens (tertiary/aromatic N) is 1. The van der Waals surface area contributed by atoms with Gasteiger partial charge in [-0.2, -0.15) is 11.8 Å². The predicted molar refractivity (Wildman–Crippen MR) is 61.4 cm³/mol. The Bertz CT molecular complexity index is 257. The fourth-order valence-corrected chi connectivity index (χ4v) is 2.95. The van der Waals surface area contributed by atoms with Crippen molar-refractivity contribution in [1.82, 2.24) is 10.3 Å². The maximum atomic E-state index is 4.00. The van der Waals surface area contributed by atoms with Crippen molar-refractivity contribution in [3.05, 3.63) is 30.1 Å². The van der Waals surface area contributed by atoms with Gasteiger partial charge in [0.25, 0.3) is 0 Å². The summed E-state index contributed by atoms with van der Waals surface area (Å²) in [4.78, 5) is 4.00. The summed E-state index contributed by atoms with van der Waals surface area (Å²) >= 11 is 2.08. The summed E-state index contributed by atoms with van der Waals surface area (Å²) in [5.74, 6) is 3.58. The van der Waals surface area contributed by atoms with Gasteiger partial charge in [0.2, 0.25) is 0 Å². The van der Waals surface area contributed by atoms with Gasteiger partial charge in [-0.3, -0.25) is 4.98 Å². The number of rotatable bonds is 4. The standard InChI is InChI=1S/C11H16N2S/c1-4-12-5-2-10(1)7-13-8-11-3-6-14-9-11/h1-2,4-5,11,13H,3,6-9H2. The molecule has 0 bridgehead atoms. The van der Waals surface area contributed by atoms with Crippen molar-refractivity contribution in [1.29, 1.82) is 0 Å². The van der Waals surface area contributed by atoms with Gasteiger partial charge in [0.1, 0.15) is 0 Å². The quantitative estimate of drug-likeness (QED) is 0.818. The second-order valence-electron chi connectivity index (χ2n) is 3.72. The average Bonchev–Trinajstić information content (AvgIpc) is 2.72. The number of nitrogens with one attached hydrogen (secondary N) is 1. The molecule has 1 unspecified atom stereocenters. The zero-order valence-electron chi connectivity index (χ0n) is 8.28. The average molecular weight is 208 g/mol. The second-order valence-corrected chi connectivity index (χ2v) is 4.87. The lowest BCUT2D eigenvalue weighted by molar-refractivity contribution is 0.523. The Morgan fingerprint density at radius 3 is 3.00 bits per heavy atom.